The highest BCUT2D eigenvalue weighted by atomic mass is 16.5. The zero-order chi connectivity index (χ0) is 15.7. The summed E-state index contributed by atoms with van der Waals surface area (Å²) in [5, 5.41) is 17.2. The fourth-order valence-electron chi connectivity index (χ4n) is 1.35. The minimum absolute atomic E-state index is 0.328. The van der Waals surface area contributed by atoms with Gasteiger partial charge in [-0.3, -0.25) is 4.79 Å². The lowest BCUT2D eigenvalue weighted by Crippen LogP contribution is -2.00. The first-order valence-corrected chi connectivity index (χ1v) is 6.00. The number of nitrogens with zero attached hydrogens (tertiary/aromatic N) is 1. The predicted molar refractivity (Wildman–Crippen MR) is 77.3 cm³/mol. The number of nitriles is 1. The van der Waals surface area contributed by atoms with Crippen LogP contribution < -0.4 is 4.74 Å². The van der Waals surface area contributed by atoms with E-state index >= 15 is 0 Å². The van der Waals surface area contributed by atoms with Crippen LogP contribution in [0.25, 0.3) is 6.08 Å². The van der Waals surface area contributed by atoms with Gasteiger partial charge < -0.3 is 9.84 Å². The Morgan fingerprint density at radius 3 is 2.38 bits per heavy atom. The quantitative estimate of drug-likeness (QED) is 0.295. The number of carbonyl (C=O) groups is 2. The number of allylic oxidation sites excluding steroid dienone is 4. The Labute approximate surface area is 122 Å². The van der Waals surface area contributed by atoms with E-state index in [2.05, 4.69) is 0 Å². The number of ether oxygens (including phenoxy) is 1. The Hall–Kier alpha value is -3.13. The van der Waals surface area contributed by atoms with E-state index in [1.807, 2.05) is 0 Å². The first-order valence-electron chi connectivity index (χ1n) is 6.00. The fraction of sp³-hybridized carbons (Fsp3) is 0.0625. The molecule has 0 saturated carbocycles. The number of hydrogen-bond acceptors (Lipinski definition) is 4. The third-order valence-electron chi connectivity index (χ3n) is 2.27. The van der Waals surface area contributed by atoms with Crippen LogP contribution >= 0.6 is 0 Å². The molecular formula is C16H13NO4. The highest BCUT2D eigenvalue weighted by Gasteiger charge is 2.02. The van der Waals surface area contributed by atoms with Gasteiger partial charge in [0.2, 0.25) is 0 Å². The van der Waals surface area contributed by atoms with Crippen molar-refractivity contribution in [2.75, 3.05) is 0 Å². The summed E-state index contributed by atoms with van der Waals surface area (Å²) < 4.78 is 4.90. The summed E-state index contributed by atoms with van der Waals surface area (Å²) in [5.41, 5.74) is 0.559. The summed E-state index contributed by atoms with van der Waals surface area (Å²) in [5.74, 6) is -1.16. The molecule has 0 radical (unpaired) electrons. The SMILES string of the molecule is CC(=O)Oc1ccc(/C=C/C=C/C=C(\C#N)C(=O)O)cc1. The van der Waals surface area contributed by atoms with Crippen molar-refractivity contribution >= 4 is 18.0 Å². The Morgan fingerprint density at radius 1 is 1.19 bits per heavy atom. The maximum Gasteiger partial charge on any atom is 0.346 e. The number of carbonyl (C=O) groups excluding carboxylic acids is 1. The van der Waals surface area contributed by atoms with E-state index in [0.717, 1.165) is 5.56 Å². The first-order chi connectivity index (χ1) is 10.0. The Balaban J connectivity index is 2.63. The average molecular weight is 283 g/mol. The zero-order valence-electron chi connectivity index (χ0n) is 11.3. The van der Waals surface area contributed by atoms with Crippen LogP contribution in [0.3, 0.4) is 0 Å². The van der Waals surface area contributed by atoms with Gasteiger partial charge >= 0.3 is 11.9 Å². The first kappa shape index (κ1) is 15.9. The van der Waals surface area contributed by atoms with Gasteiger partial charge in [0.1, 0.15) is 17.4 Å². The second-order valence-corrected chi connectivity index (χ2v) is 3.90. The molecule has 1 aromatic carbocycles. The van der Waals surface area contributed by atoms with Crippen molar-refractivity contribution in [2.45, 2.75) is 6.92 Å². The standard InChI is InChI=1S/C16H13NO4/c1-12(18)21-15-9-7-13(8-10-15)5-3-2-4-6-14(11-17)16(19)20/h2-10H,1H3,(H,19,20)/b4-2+,5-3+,14-6+. The van der Waals surface area contributed by atoms with Gasteiger partial charge in [0, 0.05) is 6.92 Å². The Morgan fingerprint density at radius 2 is 1.86 bits per heavy atom. The molecule has 0 amide bonds. The molecule has 1 aromatic rings. The molecule has 0 aliphatic heterocycles. The van der Waals surface area contributed by atoms with Gasteiger partial charge in [-0.25, -0.2) is 4.79 Å². The molecule has 5 heteroatoms. The summed E-state index contributed by atoms with van der Waals surface area (Å²) in [7, 11) is 0. The lowest BCUT2D eigenvalue weighted by atomic mass is 10.2. The summed E-state index contributed by atoms with van der Waals surface area (Å²) in [6.07, 6.45) is 7.79. The minimum Gasteiger partial charge on any atom is -0.477 e. The van der Waals surface area contributed by atoms with Crippen LogP contribution in [0.5, 0.6) is 5.75 Å². The largest absolute Gasteiger partial charge is 0.477 e. The fourth-order valence-corrected chi connectivity index (χ4v) is 1.35. The molecule has 0 aliphatic carbocycles. The van der Waals surface area contributed by atoms with Gasteiger partial charge in [0.15, 0.2) is 0 Å². The number of hydrogen-bond donors (Lipinski definition) is 1. The van der Waals surface area contributed by atoms with E-state index in [0.29, 0.717) is 5.75 Å². The van der Waals surface area contributed by atoms with Crippen molar-refractivity contribution in [3.05, 3.63) is 59.7 Å². The molecule has 1 rings (SSSR count). The van der Waals surface area contributed by atoms with Gasteiger partial charge in [-0.2, -0.15) is 5.26 Å². The van der Waals surface area contributed by atoms with Gasteiger partial charge in [-0.15, -0.1) is 0 Å². The lowest BCUT2D eigenvalue weighted by molar-refractivity contribution is -0.133. The smallest absolute Gasteiger partial charge is 0.346 e. The summed E-state index contributed by atoms with van der Waals surface area (Å²) in [6.45, 7) is 1.33. The van der Waals surface area contributed by atoms with Crippen LogP contribution in [0.4, 0.5) is 0 Å². The molecule has 0 spiro atoms. The van der Waals surface area contributed by atoms with Crippen LogP contribution in [0, 0.1) is 11.3 Å². The molecule has 0 atom stereocenters. The van der Waals surface area contributed by atoms with E-state index < -0.39 is 5.97 Å². The van der Waals surface area contributed by atoms with Crippen molar-refractivity contribution in [2.24, 2.45) is 0 Å². The summed E-state index contributed by atoms with van der Waals surface area (Å²) in [6, 6.07) is 8.46. The van der Waals surface area contributed by atoms with E-state index in [1.165, 1.54) is 19.1 Å². The molecule has 0 saturated heterocycles. The van der Waals surface area contributed by atoms with Crippen molar-refractivity contribution in [3.8, 4) is 11.8 Å². The number of carboxylic acids is 1. The molecule has 106 valence electrons. The van der Waals surface area contributed by atoms with Crippen LogP contribution in [0.1, 0.15) is 12.5 Å². The van der Waals surface area contributed by atoms with Crippen molar-refractivity contribution in [1.29, 1.82) is 5.26 Å². The predicted octanol–water partition coefficient (Wildman–Crippen LogP) is 2.72. The number of benzene rings is 1. The maximum atomic E-state index is 10.8. The molecule has 0 aliphatic rings. The second-order valence-electron chi connectivity index (χ2n) is 3.90. The normalized spacial score (nSPS) is 11.5. The highest BCUT2D eigenvalue weighted by molar-refractivity contribution is 5.91. The molecule has 0 heterocycles. The van der Waals surface area contributed by atoms with Crippen LogP contribution in [0.2, 0.25) is 0 Å². The summed E-state index contributed by atoms with van der Waals surface area (Å²) in [4.78, 5) is 21.3. The van der Waals surface area contributed by atoms with Crippen molar-refractivity contribution in [3.63, 3.8) is 0 Å². The maximum absolute atomic E-state index is 10.8. The molecular weight excluding hydrogens is 270 g/mol. The average Bonchev–Trinajstić information content (AvgIpc) is 2.43. The van der Waals surface area contributed by atoms with E-state index in [-0.39, 0.29) is 11.5 Å². The van der Waals surface area contributed by atoms with Gasteiger partial charge in [-0.05, 0) is 23.8 Å². The van der Waals surface area contributed by atoms with Crippen molar-refractivity contribution < 1.29 is 19.4 Å². The number of esters is 1. The molecule has 21 heavy (non-hydrogen) atoms. The molecule has 1 N–H and O–H groups in total. The third-order valence-corrected chi connectivity index (χ3v) is 2.27. The van der Waals surface area contributed by atoms with Gasteiger partial charge in [-0.1, -0.05) is 36.4 Å². The van der Waals surface area contributed by atoms with Crippen molar-refractivity contribution in [1.82, 2.24) is 0 Å². The second kappa shape index (κ2) is 8.12. The number of aliphatic carboxylic acids is 1. The van der Waals surface area contributed by atoms with Gasteiger partial charge in [0.05, 0.1) is 0 Å². The van der Waals surface area contributed by atoms with E-state index in [1.54, 1.807) is 48.6 Å². The third kappa shape index (κ3) is 6.03. The molecule has 0 aromatic heterocycles. The molecule has 0 fully saturated rings. The Bertz CT molecular complexity index is 646. The lowest BCUT2D eigenvalue weighted by Gasteiger charge is -2.00. The van der Waals surface area contributed by atoms with Crippen LogP contribution in [-0.4, -0.2) is 17.0 Å². The number of carboxylic acid groups (broad SMARTS) is 1. The zero-order valence-corrected chi connectivity index (χ0v) is 11.3. The van der Waals surface area contributed by atoms with E-state index in [4.69, 9.17) is 15.1 Å². The summed E-state index contributed by atoms with van der Waals surface area (Å²) >= 11 is 0. The van der Waals surface area contributed by atoms with E-state index in [9.17, 15) is 9.59 Å². The number of rotatable bonds is 5. The monoisotopic (exact) mass is 283 g/mol. The topological polar surface area (TPSA) is 87.4 Å². The van der Waals surface area contributed by atoms with Crippen LogP contribution in [0.15, 0.2) is 54.1 Å². The Kier molecular flexibility index (Phi) is 6.16. The van der Waals surface area contributed by atoms with Crippen LogP contribution in [-0.2, 0) is 9.59 Å². The highest BCUT2D eigenvalue weighted by Crippen LogP contribution is 2.13. The minimum atomic E-state index is -1.26. The molecule has 0 bridgehead atoms. The molecule has 0 unspecified atom stereocenters. The van der Waals surface area contributed by atoms with Gasteiger partial charge in [0.25, 0.3) is 0 Å². The molecule has 5 nitrogen and oxygen atoms in total.